The van der Waals surface area contributed by atoms with Crippen LogP contribution in [0.15, 0.2) is 48.5 Å². The summed E-state index contributed by atoms with van der Waals surface area (Å²) in [5.74, 6) is 1.92. The van der Waals surface area contributed by atoms with E-state index >= 15 is 0 Å². The number of hydrogen-bond donors (Lipinski definition) is 0. The molecule has 0 aliphatic carbocycles. The second kappa shape index (κ2) is 8.21. The van der Waals surface area contributed by atoms with Crippen molar-refractivity contribution in [2.24, 2.45) is 0 Å². The van der Waals surface area contributed by atoms with Crippen LogP contribution < -0.4 is 9.16 Å². The average Bonchev–Trinajstić information content (AvgIpc) is 2.62. The highest BCUT2D eigenvalue weighted by Gasteiger charge is 2.31. The fourth-order valence-electron chi connectivity index (χ4n) is 2.94. The molecule has 0 fully saturated rings. The van der Waals surface area contributed by atoms with E-state index in [9.17, 15) is 0 Å². The second-order valence-electron chi connectivity index (χ2n) is 5.98. The summed E-state index contributed by atoms with van der Waals surface area (Å²) in [4.78, 5) is 0. The Morgan fingerprint density at radius 3 is 2.09 bits per heavy atom. The zero-order valence-electron chi connectivity index (χ0n) is 14.8. The Hall–Kier alpha value is -1.74. The van der Waals surface area contributed by atoms with Crippen molar-refractivity contribution in [1.82, 2.24) is 0 Å². The van der Waals surface area contributed by atoms with E-state index in [1.165, 1.54) is 11.1 Å². The number of benzene rings is 2. The van der Waals surface area contributed by atoms with Crippen LogP contribution in [0.1, 0.15) is 31.9 Å². The lowest BCUT2D eigenvalue weighted by Crippen LogP contribution is -2.39. The maximum absolute atomic E-state index is 6.64. The summed E-state index contributed by atoms with van der Waals surface area (Å²) >= 11 is 0. The molecule has 2 aromatic rings. The molecule has 0 heterocycles. The first kappa shape index (κ1) is 17.6. The van der Waals surface area contributed by atoms with Crippen molar-refractivity contribution in [3.8, 4) is 11.5 Å². The molecule has 23 heavy (non-hydrogen) atoms. The Morgan fingerprint density at radius 1 is 0.870 bits per heavy atom. The van der Waals surface area contributed by atoms with Crippen molar-refractivity contribution >= 4 is 8.32 Å². The monoisotopic (exact) mass is 328 g/mol. The van der Waals surface area contributed by atoms with Crippen LogP contribution in [0, 0.1) is 0 Å². The van der Waals surface area contributed by atoms with Crippen LogP contribution in [-0.4, -0.2) is 15.4 Å². The van der Waals surface area contributed by atoms with Gasteiger partial charge >= 0.3 is 0 Å². The molecular weight excluding hydrogens is 300 g/mol. The zero-order chi connectivity index (χ0) is 16.7. The maximum Gasteiger partial charge on any atom is 0.250 e. The summed E-state index contributed by atoms with van der Waals surface area (Å²) in [5.41, 5.74) is 2.50. The van der Waals surface area contributed by atoms with Gasteiger partial charge in [0.25, 0.3) is 0 Å². The van der Waals surface area contributed by atoms with Crippen LogP contribution in [-0.2, 0) is 6.42 Å². The smallest absolute Gasteiger partial charge is 0.250 e. The van der Waals surface area contributed by atoms with Crippen LogP contribution in [0.5, 0.6) is 11.5 Å². The van der Waals surface area contributed by atoms with Crippen molar-refractivity contribution in [1.29, 1.82) is 0 Å². The Bertz CT molecular complexity index is 598. The fraction of sp³-hybridized carbons (Fsp3) is 0.400. The predicted molar refractivity (Wildman–Crippen MR) is 100 cm³/mol. The Balaban J connectivity index is 2.35. The van der Waals surface area contributed by atoms with Gasteiger partial charge in [0.15, 0.2) is 0 Å². The van der Waals surface area contributed by atoms with Gasteiger partial charge in [-0.05, 0) is 41.9 Å². The molecule has 3 heteroatoms. The van der Waals surface area contributed by atoms with Crippen LogP contribution in [0.2, 0.25) is 18.1 Å². The van der Waals surface area contributed by atoms with Crippen molar-refractivity contribution in [2.45, 2.75) is 45.3 Å². The van der Waals surface area contributed by atoms with Crippen molar-refractivity contribution < 1.29 is 9.16 Å². The summed E-state index contributed by atoms with van der Waals surface area (Å²) in [6, 6.07) is 20.2. The standard InChI is InChI=1S/C20H28O2Si/c1-5-23(6-2,7-3)22-20-14-13-19(21-4)16-18(20)15-17-11-9-8-10-12-17/h8-14,16H,5-7,15H2,1-4H3. The minimum Gasteiger partial charge on any atom is -0.543 e. The topological polar surface area (TPSA) is 18.5 Å². The number of methoxy groups -OCH3 is 1. The second-order valence-corrected chi connectivity index (χ2v) is 10.7. The molecule has 0 spiro atoms. The Morgan fingerprint density at radius 2 is 1.52 bits per heavy atom. The largest absolute Gasteiger partial charge is 0.543 e. The molecule has 0 aromatic heterocycles. The summed E-state index contributed by atoms with van der Waals surface area (Å²) in [6.07, 6.45) is 0.870. The van der Waals surface area contributed by atoms with Crippen molar-refractivity contribution in [3.63, 3.8) is 0 Å². The molecule has 124 valence electrons. The first-order valence-corrected chi connectivity index (χ1v) is 11.1. The van der Waals surface area contributed by atoms with E-state index < -0.39 is 8.32 Å². The minimum absolute atomic E-state index is 0.870. The third-order valence-electron chi connectivity index (χ3n) is 4.76. The Kier molecular flexibility index (Phi) is 6.28. The molecule has 0 saturated heterocycles. The molecule has 2 nitrogen and oxygen atoms in total. The van der Waals surface area contributed by atoms with E-state index in [0.29, 0.717) is 0 Å². The van der Waals surface area contributed by atoms with Gasteiger partial charge < -0.3 is 9.16 Å². The minimum atomic E-state index is -1.68. The van der Waals surface area contributed by atoms with Crippen LogP contribution in [0.25, 0.3) is 0 Å². The molecule has 0 radical (unpaired) electrons. The van der Waals surface area contributed by atoms with Gasteiger partial charge in [-0.25, -0.2) is 0 Å². The van der Waals surface area contributed by atoms with Gasteiger partial charge in [0, 0.05) is 12.0 Å². The first-order valence-electron chi connectivity index (χ1n) is 8.56. The summed E-state index contributed by atoms with van der Waals surface area (Å²) in [7, 11) is 0.0384. The highest BCUT2D eigenvalue weighted by molar-refractivity contribution is 6.74. The molecule has 0 N–H and O–H groups in total. The normalized spacial score (nSPS) is 11.3. The van der Waals surface area contributed by atoms with E-state index in [1.54, 1.807) is 7.11 Å². The highest BCUT2D eigenvalue weighted by atomic mass is 28.4. The maximum atomic E-state index is 6.64. The molecule has 0 aliphatic heterocycles. The first-order chi connectivity index (χ1) is 11.2. The molecule has 0 unspecified atom stereocenters. The van der Waals surface area contributed by atoms with Crippen molar-refractivity contribution in [2.75, 3.05) is 7.11 Å². The third-order valence-corrected chi connectivity index (χ3v) is 9.28. The fourth-order valence-corrected chi connectivity index (χ4v) is 5.53. The quantitative estimate of drug-likeness (QED) is 0.581. The molecule has 0 bridgehead atoms. The van der Waals surface area contributed by atoms with Gasteiger partial charge in [0.1, 0.15) is 11.5 Å². The average molecular weight is 329 g/mol. The van der Waals surface area contributed by atoms with E-state index in [2.05, 4.69) is 63.2 Å². The van der Waals surface area contributed by atoms with Gasteiger partial charge in [-0.2, -0.15) is 0 Å². The van der Waals surface area contributed by atoms with E-state index in [4.69, 9.17) is 9.16 Å². The molecular formula is C20H28O2Si. The van der Waals surface area contributed by atoms with E-state index in [-0.39, 0.29) is 0 Å². The van der Waals surface area contributed by atoms with Crippen LogP contribution in [0.3, 0.4) is 0 Å². The van der Waals surface area contributed by atoms with Crippen LogP contribution >= 0.6 is 0 Å². The molecule has 0 aliphatic rings. The highest BCUT2D eigenvalue weighted by Crippen LogP contribution is 2.32. The van der Waals surface area contributed by atoms with Crippen molar-refractivity contribution in [3.05, 3.63) is 59.7 Å². The Labute approximate surface area is 141 Å². The lowest BCUT2D eigenvalue weighted by atomic mass is 10.0. The lowest BCUT2D eigenvalue weighted by Gasteiger charge is -2.30. The summed E-state index contributed by atoms with van der Waals surface area (Å²) in [5, 5.41) is 0. The van der Waals surface area contributed by atoms with Gasteiger partial charge in [-0.1, -0.05) is 51.1 Å². The van der Waals surface area contributed by atoms with Crippen LogP contribution in [0.4, 0.5) is 0 Å². The molecule has 2 aromatic carbocycles. The van der Waals surface area contributed by atoms with Gasteiger partial charge in [-0.3, -0.25) is 0 Å². The SMILES string of the molecule is CC[Si](CC)(CC)Oc1ccc(OC)cc1Cc1ccccc1. The lowest BCUT2D eigenvalue weighted by molar-refractivity contribution is 0.413. The molecule has 0 saturated carbocycles. The van der Waals surface area contributed by atoms with Gasteiger partial charge in [0.2, 0.25) is 8.32 Å². The zero-order valence-corrected chi connectivity index (χ0v) is 15.8. The summed E-state index contributed by atoms with van der Waals surface area (Å²) in [6.45, 7) is 6.79. The van der Waals surface area contributed by atoms with E-state index in [0.717, 1.165) is 36.1 Å². The molecule has 0 atom stereocenters. The van der Waals surface area contributed by atoms with Gasteiger partial charge in [-0.15, -0.1) is 0 Å². The molecule has 0 amide bonds. The number of hydrogen-bond acceptors (Lipinski definition) is 2. The van der Waals surface area contributed by atoms with Gasteiger partial charge in [0.05, 0.1) is 7.11 Å². The predicted octanol–water partition coefficient (Wildman–Crippen LogP) is 5.67. The van der Waals surface area contributed by atoms with E-state index in [1.807, 2.05) is 6.07 Å². The summed E-state index contributed by atoms with van der Waals surface area (Å²) < 4.78 is 12.0. The number of rotatable bonds is 8. The third kappa shape index (κ3) is 4.38. The molecule has 2 rings (SSSR count). The number of ether oxygens (including phenoxy) is 1.